The van der Waals surface area contributed by atoms with Crippen LogP contribution in [0.2, 0.25) is 0 Å². The molecule has 5 rings (SSSR count). The number of amides is 1. The van der Waals surface area contributed by atoms with Gasteiger partial charge in [0.25, 0.3) is 5.91 Å². The molecule has 34 heavy (non-hydrogen) atoms. The molecule has 0 saturated carbocycles. The van der Waals surface area contributed by atoms with Crippen LogP contribution in [0.15, 0.2) is 103 Å². The molecule has 0 aliphatic heterocycles. The lowest BCUT2D eigenvalue weighted by atomic mass is 10.0. The van der Waals surface area contributed by atoms with Crippen molar-refractivity contribution in [2.75, 3.05) is 5.32 Å². The number of carbonyl (C=O) groups is 1. The quantitative estimate of drug-likeness (QED) is 0.317. The number of hydrogen-bond donors (Lipinski definition) is 1. The van der Waals surface area contributed by atoms with Gasteiger partial charge in [-0.2, -0.15) is 18.3 Å². The average Bonchev–Trinajstić information content (AvgIpc) is 3.30. The number of nitrogens with zero attached hydrogens (tertiary/aromatic N) is 2. The van der Waals surface area contributed by atoms with Crippen LogP contribution < -0.4 is 5.32 Å². The lowest BCUT2D eigenvalue weighted by Gasteiger charge is -2.09. The molecule has 1 heterocycles. The third kappa shape index (κ3) is 4.28. The highest BCUT2D eigenvalue weighted by Gasteiger charge is 2.30. The number of benzene rings is 4. The van der Waals surface area contributed by atoms with Gasteiger partial charge in [0, 0.05) is 11.3 Å². The molecule has 0 atom stereocenters. The molecule has 7 heteroatoms. The second-order valence-corrected chi connectivity index (χ2v) is 7.76. The summed E-state index contributed by atoms with van der Waals surface area (Å²) in [6.45, 7) is 0. The summed E-state index contributed by atoms with van der Waals surface area (Å²) in [6.07, 6.45) is -4.50. The maximum atomic E-state index is 13.0. The molecular formula is C27H18F3N3O. The van der Waals surface area contributed by atoms with Gasteiger partial charge in [-0.15, -0.1) is 0 Å². The zero-order valence-corrected chi connectivity index (χ0v) is 17.8. The number of fused-ring (bicyclic) bond motifs is 1. The number of anilines is 1. The molecule has 1 amide bonds. The molecule has 1 aromatic heterocycles. The second kappa shape index (κ2) is 8.51. The number of rotatable bonds is 4. The zero-order valence-electron chi connectivity index (χ0n) is 17.8. The summed E-state index contributed by atoms with van der Waals surface area (Å²) >= 11 is 0. The van der Waals surface area contributed by atoms with Crippen LogP contribution in [0.25, 0.3) is 27.7 Å². The highest BCUT2D eigenvalue weighted by Crippen LogP contribution is 2.31. The molecule has 4 aromatic carbocycles. The Morgan fingerprint density at radius 2 is 1.50 bits per heavy atom. The van der Waals surface area contributed by atoms with Crippen molar-refractivity contribution in [1.82, 2.24) is 9.78 Å². The standard InChI is InChI=1S/C27H18F3N3O/c28-27(29,30)21-9-6-10-22(16-21)31-26(34)24-17-25(33(32-24)23-11-2-1-3-12-23)20-14-13-18-7-4-5-8-19(18)15-20/h1-17H,(H,31,34). The Kier molecular flexibility index (Phi) is 5.37. The predicted octanol–water partition coefficient (Wildman–Crippen LogP) is 6.96. The molecule has 0 bridgehead atoms. The van der Waals surface area contributed by atoms with E-state index in [1.165, 1.54) is 12.1 Å². The highest BCUT2D eigenvalue weighted by molar-refractivity contribution is 6.03. The third-order valence-electron chi connectivity index (χ3n) is 5.44. The molecule has 0 saturated heterocycles. The van der Waals surface area contributed by atoms with Crippen molar-refractivity contribution in [2.45, 2.75) is 6.18 Å². The van der Waals surface area contributed by atoms with Crippen molar-refractivity contribution in [1.29, 1.82) is 0 Å². The van der Waals surface area contributed by atoms with E-state index in [1.54, 1.807) is 10.7 Å². The molecular weight excluding hydrogens is 439 g/mol. The second-order valence-electron chi connectivity index (χ2n) is 7.76. The smallest absolute Gasteiger partial charge is 0.321 e. The Bertz CT molecular complexity index is 1490. The number of carbonyl (C=O) groups excluding carboxylic acids is 1. The normalized spacial score (nSPS) is 11.5. The molecule has 0 radical (unpaired) electrons. The van der Waals surface area contributed by atoms with E-state index in [0.717, 1.165) is 34.2 Å². The van der Waals surface area contributed by atoms with E-state index in [4.69, 9.17) is 0 Å². The summed E-state index contributed by atoms with van der Waals surface area (Å²) in [6, 6.07) is 29.4. The summed E-state index contributed by atoms with van der Waals surface area (Å²) in [5, 5.41) is 9.14. The molecule has 1 N–H and O–H groups in total. The first-order chi connectivity index (χ1) is 16.4. The first kappa shape index (κ1) is 21.5. The number of para-hydroxylation sites is 1. The van der Waals surface area contributed by atoms with Gasteiger partial charge < -0.3 is 5.32 Å². The van der Waals surface area contributed by atoms with Crippen molar-refractivity contribution in [3.8, 4) is 16.9 Å². The van der Waals surface area contributed by atoms with Crippen LogP contribution in [0.4, 0.5) is 18.9 Å². The number of alkyl halides is 3. The summed E-state index contributed by atoms with van der Waals surface area (Å²) in [5.74, 6) is -0.601. The van der Waals surface area contributed by atoms with E-state index in [0.29, 0.717) is 5.69 Å². The van der Waals surface area contributed by atoms with Crippen LogP contribution in [0.1, 0.15) is 16.1 Å². The molecule has 168 valence electrons. The topological polar surface area (TPSA) is 46.9 Å². The average molecular weight is 457 g/mol. The number of nitrogens with one attached hydrogen (secondary N) is 1. The highest BCUT2D eigenvalue weighted by atomic mass is 19.4. The van der Waals surface area contributed by atoms with Gasteiger partial charge in [-0.05, 0) is 53.2 Å². The van der Waals surface area contributed by atoms with Crippen molar-refractivity contribution in [3.05, 3.63) is 114 Å². The Labute approximate surface area is 193 Å². The SMILES string of the molecule is O=C(Nc1cccc(C(F)(F)F)c1)c1cc(-c2ccc3ccccc3c2)n(-c2ccccc2)n1. The minimum absolute atomic E-state index is 0.0429. The summed E-state index contributed by atoms with van der Waals surface area (Å²) in [4.78, 5) is 12.9. The van der Waals surface area contributed by atoms with Crippen molar-refractivity contribution in [3.63, 3.8) is 0 Å². The minimum atomic E-state index is -4.50. The molecule has 4 nitrogen and oxygen atoms in total. The van der Waals surface area contributed by atoms with E-state index in [9.17, 15) is 18.0 Å². The maximum Gasteiger partial charge on any atom is 0.416 e. The van der Waals surface area contributed by atoms with Crippen molar-refractivity contribution < 1.29 is 18.0 Å². The van der Waals surface area contributed by atoms with Crippen LogP contribution in [-0.2, 0) is 6.18 Å². The van der Waals surface area contributed by atoms with Gasteiger partial charge in [-0.1, -0.05) is 60.7 Å². The lowest BCUT2D eigenvalue weighted by molar-refractivity contribution is -0.137. The number of halogens is 3. The molecule has 0 spiro atoms. The van der Waals surface area contributed by atoms with Gasteiger partial charge in [0.2, 0.25) is 0 Å². The Hall–Kier alpha value is -4.39. The van der Waals surface area contributed by atoms with E-state index in [1.807, 2.05) is 72.8 Å². The first-order valence-electron chi connectivity index (χ1n) is 10.5. The third-order valence-corrected chi connectivity index (χ3v) is 5.44. The summed E-state index contributed by atoms with van der Waals surface area (Å²) in [7, 11) is 0. The van der Waals surface area contributed by atoms with Crippen LogP contribution in [0, 0.1) is 0 Å². The van der Waals surface area contributed by atoms with Gasteiger partial charge in [0.1, 0.15) is 0 Å². The molecule has 0 unspecified atom stereocenters. The first-order valence-corrected chi connectivity index (χ1v) is 10.5. The van der Waals surface area contributed by atoms with Gasteiger partial charge in [0.15, 0.2) is 5.69 Å². The van der Waals surface area contributed by atoms with Crippen molar-refractivity contribution in [2.24, 2.45) is 0 Å². The minimum Gasteiger partial charge on any atom is -0.321 e. The van der Waals surface area contributed by atoms with Gasteiger partial charge in [-0.25, -0.2) is 4.68 Å². The molecule has 5 aromatic rings. The summed E-state index contributed by atoms with van der Waals surface area (Å²) < 4.78 is 40.8. The largest absolute Gasteiger partial charge is 0.416 e. The van der Waals surface area contributed by atoms with E-state index >= 15 is 0 Å². The fraction of sp³-hybridized carbons (Fsp3) is 0.0370. The molecule has 0 aliphatic rings. The molecule has 0 aliphatic carbocycles. The van der Waals surface area contributed by atoms with E-state index < -0.39 is 17.6 Å². The summed E-state index contributed by atoms with van der Waals surface area (Å²) in [5.41, 5.74) is 1.59. The lowest BCUT2D eigenvalue weighted by Crippen LogP contribution is -2.14. The number of hydrogen-bond acceptors (Lipinski definition) is 2. The van der Waals surface area contributed by atoms with Crippen LogP contribution in [0.3, 0.4) is 0 Å². The van der Waals surface area contributed by atoms with Gasteiger partial charge >= 0.3 is 6.18 Å². The van der Waals surface area contributed by atoms with Crippen LogP contribution in [0.5, 0.6) is 0 Å². The Balaban J connectivity index is 1.55. The molecule has 0 fully saturated rings. The van der Waals surface area contributed by atoms with E-state index in [-0.39, 0.29) is 11.4 Å². The Morgan fingerprint density at radius 1 is 0.765 bits per heavy atom. The zero-order chi connectivity index (χ0) is 23.7. The van der Waals surface area contributed by atoms with Crippen LogP contribution in [-0.4, -0.2) is 15.7 Å². The van der Waals surface area contributed by atoms with Crippen LogP contribution >= 0.6 is 0 Å². The van der Waals surface area contributed by atoms with Gasteiger partial charge in [-0.3, -0.25) is 4.79 Å². The Morgan fingerprint density at radius 3 is 2.26 bits per heavy atom. The predicted molar refractivity (Wildman–Crippen MR) is 126 cm³/mol. The van der Waals surface area contributed by atoms with Gasteiger partial charge in [0.05, 0.1) is 16.9 Å². The van der Waals surface area contributed by atoms with Crippen molar-refractivity contribution >= 4 is 22.4 Å². The monoisotopic (exact) mass is 457 g/mol. The maximum absolute atomic E-state index is 13.0. The fourth-order valence-electron chi connectivity index (χ4n) is 3.78. The fourth-order valence-corrected chi connectivity index (χ4v) is 3.78. The van der Waals surface area contributed by atoms with E-state index in [2.05, 4.69) is 10.4 Å². The number of aromatic nitrogens is 2.